The van der Waals surface area contributed by atoms with Crippen LogP contribution in [0.25, 0.3) is 4.98 Å². The van der Waals surface area contributed by atoms with Crippen molar-refractivity contribution in [1.29, 1.82) is 5.39 Å². The quantitative estimate of drug-likeness (QED) is 0.798. The minimum atomic E-state index is -0.350. The minimum absolute atomic E-state index is 0.0743. The van der Waals surface area contributed by atoms with Crippen molar-refractivity contribution in [3.05, 3.63) is 40.9 Å². The molecule has 0 bridgehead atoms. The molecule has 0 atom stereocenters. The summed E-state index contributed by atoms with van der Waals surface area (Å²) in [5, 5.41) is 8.41. The molecule has 1 aliphatic heterocycles. The van der Waals surface area contributed by atoms with Crippen LogP contribution in [0, 0.1) is 11.3 Å². The Balaban J connectivity index is 1.76. The van der Waals surface area contributed by atoms with Crippen molar-refractivity contribution in [3.8, 4) is 0 Å². The molecule has 0 saturated carbocycles. The number of likely N-dealkylation sites (tertiary alicyclic amines) is 1. The van der Waals surface area contributed by atoms with Gasteiger partial charge >= 0.3 is 12.6 Å². The summed E-state index contributed by atoms with van der Waals surface area (Å²) in [7, 11) is 0. The molecule has 6 nitrogen and oxygen atoms in total. The van der Waals surface area contributed by atoms with Crippen molar-refractivity contribution >= 4 is 11.9 Å². The maximum Gasteiger partial charge on any atom is 0.410 e. The summed E-state index contributed by atoms with van der Waals surface area (Å²) >= 11 is 0. The minimum Gasteiger partial charge on any atom is -0.445 e. The zero-order valence-corrected chi connectivity index (χ0v) is 11.8. The summed E-state index contributed by atoms with van der Waals surface area (Å²) in [4.78, 5) is 28.0. The van der Waals surface area contributed by atoms with Crippen LogP contribution in [0.1, 0.15) is 18.4 Å². The second-order valence-electron chi connectivity index (χ2n) is 5.07. The van der Waals surface area contributed by atoms with Gasteiger partial charge in [0.2, 0.25) is 11.2 Å². The zero-order valence-electron chi connectivity index (χ0n) is 11.8. The lowest BCUT2D eigenvalue weighted by molar-refractivity contribution is -0.122. The van der Waals surface area contributed by atoms with Crippen molar-refractivity contribution < 1.29 is 14.3 Å². The number of amides is 1. The first kappa shape index (κ1) is 15.0. The maximum atomic E-state index is 11.9. The van der Waals surface area contributed by atoms with Gasteiger partial charge in [-0.3, -0.25) is 4.79 Å². The monoisotopic (exact) mass is 288 g/mol. The standard InChI is InChI=1S/C15H18N3O3/c16-17-10-14(19)13-6-8-18(9-7-13)15(20)21-11-12-4-2-1-3-5-12/h1-5,13H,6-11H2/q+1. The fraction of sp³-hybridized carbons (Fsp3) is 0.467. The Bertz CT molecular complexity index is 531. The fourth-order valence-electron chi connectivity index (χ4n) is 2.39. The van der Waals surface area contributed by atoms with Crippen LogP contribution < -0.4 is 0 Å². The molecule has 2 rings (SSSR count). The van der Waals surface area contributed by atoms with Crippen LogP contribution in [0.4, 0.5) is 4.79 Å². The van der Waals surface area contributed by atoms with Crippen LogP contribution in [-0.2, 0) is 16.1 Å². The predicted octanol–water partition coefficient (Wildman–Crippen LogP) is 2.46. The van der Waals surface area contributed by atoms with Gasteiger partial charge in [0.25, 0.3) is 0 Å². The molecule has 1 aliphatic rings. The van der Waals surface area contributed by atoms with E-state index in [-0.39, 0.29) is 30.9 Å². The van der Waals surface area contributed by atoms with Crippen LogP contribution in [0.2, 0.25) is 0 Å². The predicted molar refractivity (Wildman–Crippen MR) is 75.9 cm³/mol. The Morgan fingerprint density at radius 2 is 1.90 bits per heavy atom. The number of carbonyl (C=O) groups excluding carboxylic acids is 2. The lowest BCUT2D eigenvalue weighted by Crippen LogP contribution is -2.40. The molecule has 1 aromatic rings. The topological polar surface area (TPSA) is 74.8 Å². The molecule has 1 fully saturated rings. The molecule has 0 radical (unpaired) electrons. The van der Waals surface area contributed by atoms with E-state index in [1.807, 2.05) is 30.3 Å². The first-order valence-corrected chi connectivity index (χ1v) is 7.00. The highest BCUT2D eigenvalue weighted by Crippen LogP contribution is 2.19. The van der Waals surface area contributed by atoms with Gasteiger partial charge < -0.3 is 9.64 Å². The number of ether oxygens (including phenoxy) is 1. The first-order chi connectivity index (χ1) is 10.2. The summed E-state index contributed by atoms with van der Waals surface area (Å²) in [5.41, 5.74) is 0.945. The molecular weight excluding hydrogens is 270 g/mol. The van der Waals surface area contributed by atoms with E-state index in [2.05, 4.69) is 4.98 Å². The molecule has 21 heavy (non-hydrogen) atoms. The number of hydrogen-bond donors (Lipinski definition) is 0. The summed E-state index contributed by atoms with van der Waals surface area (Å²) in [6.07, 6.45) is 0.834. The van der Waals surface area contributed by atoms with Gasteiger partial charge in [0, 0.05) is 19.0 Å². The van der Waals surface area contributed by atoms with E-state index >= 15 is 0 Å². The molecule has 1 heterocycles. The molecule has 1 saturated heterocycles. The number of hydrogen-bond acceptors (Lipinski definition) is 4. The van der Waals surface area contributed by atoms with Crippen molar-refractivity contribution in [2.75, 3.05) is 19.6 Å². The van der Waals surface area contributed by atoms with E-state index in [1.165, 1.54) is 0 Å². The third-order valence-corrected chi connectivity index (χ3v) is 3.64. The zero-order chi connectivity index (χ0) is 15.1. The van der Waals surface area contributed by atoms with Gasteiger partial charge in [0.05, 0.1) is 0 Å². The van der Waals surface area contributed by atoms with E-state index in [0.29, 0.717) is 25.9 Å². The third-order valence-electron chi connectivity index (χ3n) is 3.64. The Labute approximate surface area is 123 Å². The lowest BCUT2D eigenvalue weighted by atomic mass is 9.93. The van der Waals surface area contributed by atoms with Crippen molar-refractivity contribution in [2.45, 2.75) is 19.4 Å². The van der Waals surface area contributed by atoms with Gasteiger partial charge in [-0.15, -0.1) is 0 Å². The molecule has 110 valence electrons. The van der Waals surface area contributed by atoms with Crippen LogP contribution in [0.3, 0.4) is 0 Å². The highest BCUT2D eigenvalue weighted by atomic mass is 16.6. The van der Waals surface area contributed by atoms with E-state index in [0.717, 1.165) is 5.56 Å². The average molecular weight is 288 g/mol. The van der Waals surface area contributed by atoms with Gasteiger partial charge in [-0.25, -0.2) is 4.79 Å². The molecule has 0 spiro atoms. The summed E-state index contributed by atoms with van der Waals surface area (Å²) < 4.78 is 5.25. The van der Waals surface area contributed by atoms with Crippen LogP contribution in [-0.4, -0.2) is 36.4 Å². The SMILES string of the molecule is N#[N+]CC(=O)C1CCN(C(=O)OCc2ccccc2)CC1. The van der Waals surface area contributed by atoms with Gasteiger partial charge in [-0.2, -0.15) is 0 Å². The Kier molecular flexibility index (Phi) is 5.27. The fourth-order valence-corrected chi connectivity index (χ4v) is 2.39. The molecule has 1 amide bonds. The summed E-state index contributed by atoms with van der Waals surface area (Å²) in [6.45, 7) is 1.08. The first-order valence-electron chi connectivity index (χ1n) is 7.00. The highest BCUT2D eigenvalue weighted by molar-refractivity contribution is 5.84. The Morgan fingerprint density at radius 3 is 2.52 bits per heavy atom. The molecular formula is C15H18N3O3+. The molecule has 6 heteroatoms. The van der Waals surface area contributed by atoms with Crippen molar-refractivity contribution in [3.63, 3.8) is 0 Å². The van der Waals surface area contributed by atoms with E-state index in [4.69, 9.17) is 10.1 Å². The van der Waals surface area contributed by atoms with E-state index in [9.17, 15) is 9.59 Å². The number of diazo groups is 1. The number of Topliss-reactive ketones (excluding diaryl/α,β-unsaturated/α-hetero) is 1. The molecule has 0 unspecified atom stereocenters. The Hall–Kier alpha value is -2.42. The van der Waals surface area contributed by atoms with Crippen LogP contribution in [0.5, 0.6) is 0 Å². The smallest absolute Gasteiger partial charge is 0.410 e. The van der Waals surface area contributed by atoms with E-state index < -0.39 is 0 Å². The van der Waals surface area contributed by atoms with E-state index in [1.54, 1.807) is 4.90 Å². The van der Waals surface area contributed by atoms with Gasteiger partial charge in [-0.05, 0) is 18.4 Å². The van der Waals surface area contributed by atoms with Crippen LogP contribution in [0.15, 0.2) is 30.3 Å². The molecule has 0 N–H and O–H groups in total. The second kappa shape index (κ2) is 7.39. The second-order valence-corrected chi connectivity index (χ2v) is 5.07. The largest absolute Gasteiger partial charge is 0.445 e. The maximum absolute atomic E-state index is 11.9. The average Bonchev–Trinajstić information content (AvgIpc) is 2.54. The summed E-state index contributed by atoms with van der Waals surface area (Å²) in [5.74, 6) is -0.200. The van der Waals surface area contributed by atoms with Gasteiger partial charge in [0.1, 0.15) is 11.6 Å². The number of ketones is 1. The number of carbonyl (C=O) groups is 2. The number of benzene rings is 1. The molecule has 1 aromatic carbocycles. The third kappa shape index (κ3) is 4.28. The van der Waals surface area contributed by atoms with Gasteiger partial charge in [-0.1, -0.05) is 30.3 Å². The highest BCUT2D eigenvalue weighted by Gasteiger charge is 2.30. The molecule has 0 aromatic heterocycles. The number of piperidine rings is 1. The summed E-state index contributed by atoms with van der Waals surface area (Å²) in [6, 6.07) is 9.50. The van der Waals surface area contributed by atoms with Crippen LogP contribution >= 0.6 is 0 Å². The molecule has 0 aliphatic carbocycles. The number of rotatable bonds is 4. The Morgan fingerprint density at radius 1 is 1.24 bits per heavy atom. The number of nitrogens with zero attached hydrogens (tertiary/aromatic N) is 3. The van der Waals surface area contributed by atoms with Crippen molar-refractivity contribution in [1.82, 2.24) is 4.90 Å². The lowest BCUT2D eigenvalue weighted by Gasteiger charge is -2.29. The normalized spacial score (nSPS) is 15.3. The van der Waals surface area contributed by atoms with Gasteiger partial charge in [0.15, 0.2) is 0 Å². The van der Waals surface area contributed by atoms with Crippen molar-refractivity contribution in [2.24, 2.45) is 5.92 Å².